The highest BCUT2D eigenvalue weighted by Crippen LogP contribution is 2.31. The van der Waals surface area contributed by atoms with Crippen molar-refractivity contribution in [1.82, 2.24) is 15.3 Å². The molecule has 0 radical (unpaired) electrons. The van der Waals surface area contributed by atoms with Crippen molar-refractivity contribution in [3.05, 3.63) is 47.5 Å². The summed E-state index contributed by atoms with van der Waals surface area (Å²) in [6.45, 7) is 0.897. The van der Waals surface area contributed by atoms with Crippen molar-refractivity contribution in [3.63, 3.8) is 0 Å². The smallest absolute Gasteiger partial charge is 0.120 e. The summed E-state index contributed by atoms with van der Waals surface area (Å²) in [5, 5.41) is 13.2. The normalized spacial score (nSPS) is 19.4. The first kappa shape index (κ1) is 9.42. The van der Waals surface area contributed by atoms with E-state index in [1.807, 2.05) is 18.2 Å². The van der Waals surface area contributed by atoms with E-state index in [-0.39, 0.29) is 6.04 Å². The van der Waals surface area contributed by atoms with Gasteiger partial charge in [0.1, 0.15) is 5.75 Å². The van der Waals surface area contributed by atoms with Crippen LogP contribution in [0.2, 0.25) is 0 Å². The molecule has 2 aromatic rings. The van der Waals surface area contributed by atoms with Gasteiger partial charge in [0.25, 0.3) is 0 Å². The number of fused-ring (bicyclic) bond motifs is 1. The number of H-pyrrole nitrogens is 1. The Morgan fingerprint density at radius 1 is 1.31 bits per heavy atom. The van der Waals surface area contributed by atoms with Gasteiger partial charge in [0.2, 0.25) is 0 Å². The fraction of sp³-hybridized carbons (Fsp3) is 0.250. The molecule has 1 aliphatic heterocycles. The van der Waals surface area contributed by atoms with Crippen LogP contribution >= 0.6 is 0 Å². The molecule has 1 aliphatic rings. The van der Waals surface area contributed by atoms with Gasteiger partial charge in [-0.2, -0.15) is 0 Å². The summed E-state index contributed by atoms with van der Waals surface area (Å²) in [6.07, 6.45) is 2.67. The molecule has 1 atom stereocenters. The van der Waals surface area contributed by atoms with E-state index >= 15 is 0 Å². The van der Waals surface area contributed by atoms with E-state index < -0.39 is 0 Å². The number of imidazole rings is 1. The molecule has 0 spiro atoms. The van der Waals surface area contributed by atoms with Gasteiger partial charge in [0.05, 0.1) is 18.1 Å². The van der Waals surface area contributed by atoms with Crippen LogP contribution < -0.4 is 5.32 Å². The Hall–Kier alpha value is -1.81. The first-order chi connectivity index (χ1) is 7.86. The molecule has 2 heterocycles. The Kier molecular flexibility index (Phi) is 2.15. The van der Waals surface area contributed by atoms with Crippen molar-refractivity contribution in [2.24, 2.45) is 0 Å². The first-order valence-electron chi connectivity index (χ1n) is 5.39. The van der Waals surface area contributed by atoms with Crippen molar-refractivity contribution < 1.29 is 5.11 Å². The van der Waals surface area contributed by atoms with Crippen LogP contribution in [0.15, 0.2) is 30.6 Å². The lowest BCUT2D eigenvalue weighted by Gasteiger charge is -2.23. The molecule has 82 valence electrons. The SMILES string of the molecule is Oc1ccccc1C1NCCc2[nH]cnc21. The topological polar surface area (TPSA) is 60.9 Å². The number of hydrogen-bond donors (Lipinski definition) is 3. The molecule has 3 N–H and O–H groups in total. The number of nitrogens with zero attached hydrogens (tertiary/aromatic N) is 1. The Bertz CT molecular complexity index is 506. The van der Waals surface area contributed by atoms with Crippen LogP contribution in [0.4, 0.5) is 0 Å². The lowest BCUT2D eigenvalue weighted by molar-refractivity contribution is 0.452. The molecule has 1 aromatic carbocycles. The number of phenols is 1. The number of phenolic OH excluding ortho intramolecular Hbond substituents is 1. The molecule has 0 saturated heterocycles. The molecular formula is C12H13N3O. The summed E-state index contributed by atoms with van der Waals surface area (Å²) in [7, 11) is 0. The summed E-state index contributed by atoms with van der Waals surface area (Å²) in [5.74, 6) is 0.316. The van der Waals surface area contributed by atoms with Gasteiger partial charge in [-0.3, -0.25) is 0 Å². The standard InChI is InChI=1S/C12H13N3O/c16-10-4-2-1-3-8(10)11-12-9(5-6-13-11)14-7-15-12/h1-4,7,11,13,16H,5-6H2,(H,14,15). The van der Waals surface area contributed by atoms with Crippen LogP contribution in [0.25, 0.3) is 0 Å². The highest BCUT2D eigenvalue weighted by atomic mass is 16.3. The van der Waals surface area contributed by atoms with Gasteiger partial charge in [-0.15, -0.1) is 0 Å². The maximum Gasteiger partial charge on any atom is 0.120 e. The maximum atomic E-state index is 9.85. The van der Waals surface area contributed by atoms with Gasteiger partial charge in [-0.25, -0.2) is 4.98 Å². The lowest BCUT2D eigenvalue weighted by atomic mass is 9.97. The minimum Gasteiger partial charge on any atom is -0.508 e. The zero-order chi connectivity index (χ0) is 11.0. The van der Waals surface area contributed by atoms with E-state index in [4.69, 9.17) is 0 Å². The number of nitrogens with one attached hydrogen (secondary N) is 2. The average Bonchev–Trinajstić information content (AvgIpc) is 2.77. The van der Waals surface area contributed by atoms with E-state index in [1.165, 1.54) is 0 Å². The maximum absolute atomic E-state index is 9.85. The van der Waals surface area contributed by atoms with Gasteiger partial charge < -0.3 is 15.4 Å². The van der Waals surface area contributed by atoms with Crippen LogP contribution in [-0.2, 0) is 6.42 Å². The van der Waals surface area contributed by atoms with Crippen LogP contribution in [0.3, 0.4) is 0 Å². The third-order valence-corrected chi connectivity index (χ3v) is 3.00. The fourth-order valence-corrected chi connectivity index (χ4v) is 2.21. The monoisotopic (exact) mass is 215 g/mol. The van der Waals surface area contributed by atoms with E-state index in [0.29, 0.717) is 5.75 Å². The molecule has 0 amide bonds. The minimum atomic E-state index is -0.00352. The average molecular weight is 215 g/mol. The Labute approximate surface area is 93.4 Å². The van der Waals surface area contributed by atoms with Crippen LogP contribution in [0.1, 0.15) is 23.0 Å². The second kappa shape index (κ2) is 3.64. The summed E-state index contributed by atoms with van der Waals surface area (Å²) < 4.78 is 0. The number of aromatic hydroxyl groups is 1. The molecule has 1 aromatic heterocycles. The minimum absolute atomic E-state index is 0.00352. The van der Waals surface area contributed by atoms with Crippen molar-refractivity contribution >= 4 is 0 Å². The van der Waals surface area contributed by atoms with E-state index in [2.05, 4.69) is 15.3 Å². The summed E-state index contributed by atoms with van der Waals surface area (Å²) >= 11 is 0. The molecule has 16 heavy (non-hydrogen) atoms. The number of rotatable bonds is 1. The highest BCUT2D eigenvalue weighted by molar-refractivity contribution is 5.40. The number of hydrogen-bond acceptors (Lipinski definition) is 3. The summed E-state index contributed by atoms with van der Waals surface area (Å²) in [6, 6.07) is 7.38. The van der Waals surface area contributed by atoms with Gasteiger partial charge in [-0.1, -0.05) is 18.2 Å². The Morgan fingerprint density at radius 3 is 3.06 bits per heavy atom. The molecule has 1 unspecified atom stereocenters. The molecule has 4 heteroatoms. The zero-order valence-electron chi connectivity index (χ0n) is 8.77. The van der Waals surface area contributed by atoms with Gasteiger partial charge in [0, 0.05) is 24.2 Å². The predicted molar refractivity (Wildman–Crippen MR) is 60.2 cm³/mol. The third-order valence-electron chi connectivity index (χ3n) is 3.00. The van der Waals surface area contributed by atoms with Crippen LogP contribution in [0.5, 0.6) is 5.75 Å². The molecule has 0 saturated carbocycles. The van der Waals surface area contributed by atoms with E-state index in [9.17, 15) is 5.11 Å². The van der Waals surface area contributed by atoms with Crippen LogP contribution in [-0.4, -0.2) is 21.6 Å². The largest absolute Gasteiger partial charge is 0.508 e. The van der Waals surface area contributed by atoms with Gasteiger partial charge in [0.15, 0.2) is 0 Å². The van der Waals surface area contributed by atoms with Gasteiger partial charge in [-0.05, 0) is 6.07 Å². The first-order valence-corrected chi connectivity index (χ1v) is 5.39. The second-order valence-electron chi connectivity index (χ2n) is 3.96. The Balaban J connectivity index is 2.08. The quantitative estimate of drug-likeness (QED) is 0.673. The second-order valence-corrected chi connectivity index (χ2v) is 3.96. The molecule has 3 rings (SSSR count). The molecule has 4 nitrogen and oxygen atoms in total. The number of aromatic nitrogens is 2. The van der Waals surface area contributed by atoms with E-state index in [1.54, 1.807) is 12.4 Å². The molecule has 0 aliphatic carbocycles. The number of benzene rings is 1. The summed E-state index contributed by atoms with van der Waals surface area (Å²) in [4.78, 5) is 7.47. The zero-order valence-corrected chi connectivity index (χ0v) is 8.77. The highest BCUT2D eigenvalue weighted by Gasteiger charge is 2.25. The number of aromatic amines is 1. The van der Waals surface area contributed by atoms with Crippen molar-refractivity contribution in [1.29, 1.82) is 0 Å². The van der Waals surface area contributed by atoms with E-state index in [0.717, 1.165) is 29.9 Å². The number of para-hydroxylation sites is 1. The van der Waals surface area contributed by atoms with Crippen molar-refractivity contribution in [2.45, 2.75) is 12.5 Å². The van der Waals surface area contributed by atoms with Crippen LogP contribution in [0, 0.1) is 0 Å². The molecule has 0 fully saturated rings. The van der Waals surface area contributed by atoms with Gasteiger partial charge >= 0.3 is 0 Å². The van der Waals surface area contributed by atoms with Crippen molar-refractivity contribution in [2.75, 3.05) is 6.54 Å². The molecule has 0 bridgehead atoms. The molecular weight excluding hydrogens is 202 g/mol. The summed E-state index contributed by atoms with van der Waals surface area (Å²) in [5.41, 5.74) is 3.04. The predicted octanol–water partition coefficient (Wildman–Crippen LogP) is 1.35. The Morgan fingerprint density at radius 2 is 2.19 bits per heavy atom. The lowest BCUT2D eigenvalue weighted by Crippen LogP contribution is -2.30. The fourth-order valence-electron chi connectivity index (χ4n) is 2.21. The third kappa shape index (κ3) is 1.39. The van der Waals surface area contributed by atoms with Crippen molar-refractivity contribution in [3.8, 4) is 5.75 Å².